The summed E-state index contributed by atoms with van der Waals surface area (Å²) in [6.45, 7) is 6.05. The number of sulfonamides is 1. The number of benzene rings is 1. The van der Waals surface area contributed by atoms with E-state index in [0.717, 1.165) is 16.9 Å². The molecule has 0 bridgehead atoms. The number of rotatable bonds is 7. The summed E-state index contributed by atoms with van der Waals surface area (Å²) in [5.74, 6) is 0.467. The topological polar surface area (TPSA) is 88.6 Å². The van der Waals surface area contributed by atoms with E-state index in [4.69, 9.17) is 4.74 Å². The van der Waals surface area contributed by atoms with Crippen LogP contribution in [0.2, 0.25) is 0 Å². The quantitative estimate of drug-likeness (QED) is 0.534. The lowest BCUT2D eigenvalue weighted by Crippen LogP contribution is -2.38. The molecular weight excluding hydrogens is 442 g/mol. The highest BCUT2D eigenvalue weighted by Gasteiger charge is 2.25. The van der Waals surface area contributed by atoms with Gasteiger partial charge in [0.05, 0.1) is 11.4 Å². The molecule has 1 aliphatic rings. The fourth-order valence-corrected chi connectivity index (χ4v) is 6.27. The second-order valence-electron chi connectivity index (χ2n) is 6.48. The fourth-order valence-electron chi connectivity index (χ4n) is 3.00. The molecule has 0 atom stereocenters. The van der Waals surface area contributed by atoms with E-state index < -0.39 is 10.0 Å². The fraction of sp³-hybridized carbons (Fsp3) is 0.200. The van der Waals surface area contributed by atoms with Gasteiger partial charge in [-0.25, -0.2) is 13.4 Å². The van der Waals surface area contributed by atoms with Gasteiger partial charge in [0.25, 0.3) is 15.9 Å². The Balaban J connectivity index is 1.60. The molecular formula is C20H19N3O4S3. The van der Waals surface area contributed by atoms with Crippen LogP contribution in [0.25, 0.3) is 11.3 Å². The molecule has 4 rings (SSSR count). The number of carbonyl (C=O) groups excluding carboxylic acids is 1. The van der Waals surface area contributed by atoms with Crippen molar-refractivity contribution in [1.29, 1.82) is 0 Å². The monoisotopic (exact) mass is 461 g/mol. The van der Waals surface area contributed by atoms with Crippen molar-refractivity contribution in [2.45, 2.75) is 17.6 Å². The first kappa shape index (κ1) is 20.6. The molecule has 1 N–H and O–H groups in total. The summed E-state index contributed by atoms with van der Waals surface area (Å²) < 4.78 is 33.5. The van der Waals surface area contributed by atoms with Gasteiger partial charge in [0.1, 0.15) is 9.96 Å². The van der Waals surface area contributed by atoms with Crippen molar-refractivity contribution < 1.29 is 17.9 Å². The highest BCUT2D eigenvalue weighted by atomic mass is 32.2. The van der Waals surface area contributed by atoms with E-state index in [-0.39, 0.29) is 21.9 Å². The van der Waals surface area contributed by atoms with E-state index in [1.165, 1.54) is 22.7 Å². The second-order valence-corrected chi connectivity index (χ2v) is 10.4. The van der Waals surface area contributed by atoms with Gasteiger partial charge in [-0.15, -0.1) is 29.3 Å². The minimum atomic E-state index is -3.68. The average molecular weight is 462 g/mol. The van der Waals surface area contributed by atoms with Crippen LogP contribution in [-0.2, 0) is 21.2 Å². The number of ether oxygens (including phenoxy) is 1. The van der Waals surface area contributed by atoms with Gasteiger partial charge >= 0.3 is 0 Å². The standard InChI is InChI=1S/C20H19N3O4S3/c1-3-9-23-16-10-13(5-7-17(16)27-11-18(23)24)15-12-28-20(21-15)22-30(25,26)19-8-6-14(4-2)29-19/h3,5-8,10,12H,1,4,9,11H2,2H3,(H,21,22). The van der Waals surface area contributed by atoms with Crippen molar-refractivity contribution in [3.05, 3.63) is 53.2 Å². The van der Waals surface area contributed by atoms with E-state index in [1.54, 1.807) is 28.5 Å². The molecule has 2 aromatic heterocycles. The number of carbonyl (C=O) groups is 1. The van der Waals surface area contributed by atoms with E-state index in [2.05, 4.69) is 16.3 Å². The number of anilines is 2. The van der Waals surface area contributed by atoms with Crippen LogP contribution in [0.4, 0.5) is 10.8 Å². The number of thiazole rings is 1. The summed E-state index contributed by atoms with van der Waals surface area (Å²) in [6, 6.07) is 8.86. The van der Waals surface area contributed by atoms with Gasteiger partial charge in [0, 0.05) is 22.4 Å². The number of aromatic nitrogens is 1. The third-order valence-electron chi connectivity index (χ3n) is 4.49. The number of thiophene rings is 1. The van der Waals surface area contributed by atoms with Crippen LogP contribution in [0.3, 0.4) is 0 Å². The number of nitrogens with one attached hydrogen (secondary N) is 1. The Morgan fingerprint density at radius 1 is 1.33 bits per heavy atom. The largest absolute Gasteiger partial charge is 0.482 e. The predicted octanol–water partition coefficient (Wildman–Crippen LogP) is 4.15. The van der Waals surface area contributed by atoms with Gasteiger partial charge in [-0.05, 0) is 36.8 Å². The number of fused-ring (bicyclic) bond motifs is 1. The molecule has 7 nitrogen and oxygen atoms in total. The van der Waals surface area contributed by atoms with Crippen molar-refractivity contribution in [3.63, 3.8) is 0 Å². The van der Waals surface area contributed by atoms with Crippen LogP contribution in [0.1, 0.15) is 11.8 Å². The Bertz CT molecular complexity index is 1210. The van der Waals surface area contributed by atoms with Gasteiger partial charge in [0.2, 0.25) is 0 Å². The highest BCUT2D eigenvalue weighted by molar-refractivity contribution is 7.94. The first-order valence-corrected chi connectivity index (χ1v) is 12.3. The normalized spacial score (nSPS) is 13.6. The van der Waals surface area contributed by atoms with Crippen LogP contribution >= 0.6 is 22.7 Å². The van der Waals surface area contributed by atoms with E-state index >= 15 is 0 Å². The molecule has 1 amide bonds. The molecule has 0 fully saturated rings. The molecule has 0 unspecified atom stereocenters. The lowest BCUT2D eigenvalue weighted by molar-refractivity contribution is -0.121. The van der Waals surface area contributed by atoms with Gasteiger partial charge < -0.3 is 9.64 Å². The van der Waals surface area contributed by atoms with Crippen molar-refractivity contribution in [2.24, 2.45) is 0 Å². The number of aryl methyl sites for hydroxylation is 1. The van der Waals surface area contributed by atoms with Gasteiger partial charge in [-0.1, -0.05) is 13.0 Å². The third-order valence-corrected chi connectivity index (χ3v) is 8.43. The van der Waals surface area contributed by atoms with Crippen LogP contribution in [0, 0.1) is 0 Å². The summed E-state index contributed by atoms with van der Waals surface area (Å²) in [4.78, 5) is 19.2. The summed E-state index contributed by atoms with van der Waals surface area (Å²) in [5.41, 5.74) is 2.01. The Morgan fingerprint density at radius 2 is 2.17 bits per heavy atom. The lowest BCUT2D eigenvalue weighted by Gasteiger charge is -2.28. The molecule has 3 heterocycles. The average Bonchev–Trinajstić information content (AvgIpc) is 3.39. The zero-order chi connectivity index (χ0) is 21.3. The Labute approximate surface area is 182 Å². The maximum atomic E-state index is 12.6. The highest BCUT2D eigenvalue weighted by Crippen LogP contribution is 2.37. The molecule has 0 aliphatic carbocycles. The molecule has 0 saturated heterocycles. The summed E-state index contributed by atoms with van der Waals surface area (Å²) in [5, 5.41) is 2.05. The minimum Gasteiger partial charge on any atom is -0.482 e. The second kappa shape index (κ2) is 8.21. The maximum Gasteiger partial charge on any atom is 0.273 e. The zero-order valence-corrected chi connectivity index (χ0v) is 18.6. The first-order valence-electron chi connectivity index (χ1n) is 9.17. The third kappa shape index (κ3) is 3.98. The molecule has 1 aromatic carbocycles. The van der Waals surface area contributed by atoms with Crippen molar-refractivity contribution in [3.8, 4) is 17.0 Å². The number of nitrogens with zero attached hydrogens (tertiary/aromatic N) is 2. The Kier molecular flexibility index (Phi) is 5.63. The van der Waals surface area contributed by atoms with E-state index in [9.17, 15) is 13.2 Å². The first-order chi connectivity index (χ1) is 14.4. The molecule has 3 aromatic rings. The number of hydrogen-bond acceptors (Lipinski definition) is 7. The van der Waals surface area contributed by atoms with Crippen LogP contribution in [0.5, 0.6) is 5.75 Å². The summed E-state index contributed by atoms with van der Waals surface area (Å²) >= 11 is 2.45. The minimum absolute atomic E-state index is 0.00865. The van der Waals surface area contributed by atoms with Crippen LogP contribution in [0.15, 0.2) is 52.6 Å². The predicted molar refractivity (Wildman–Crippen MR) is 120 cm³/mol. The SMILES string of the molecule is C=CCN1C(=O)COc2ccc(-c3csc(NS(=O)(=O)c4ccc(CC)s4)n3)cc21. The number of amides is 1. The van der Waals surface area contributed by atoms with Crippen LogP contribution < -0.4 is 14.4 Å². The van der Waals surface area contributed by atoms with Gasteiger partial charge in [0.15, 0.2) is 11.7 Å². The summed E-state index contributed by atoms with van der Waals surface area (Å²) in [6.07, 6.45) is 2.44. The molecule has 156 valence electrons. The van der Waals surface area contributed by atoms with Crippen molar-refractivity contribution in [2.75, 3.05) is 22.8 Å². The zero-order valence-electron chi connectivity index (χ0n) is 16.1. The van der Waals surface area contributed by atoms with E-state index in [0.29, 0.717) is 23.7 Å². The molecule has 0 saturated carbocycles. The molecule has 0 radical (unpaired) electrons. The van der Waals surface area contributed by atoms with Gasteiger partial charge in [-0.2, -0.15) is 0 Å². The Morgan fingerprint density at radius 3 is 2.90 bits per heavy atom. The molecule has 30 heavy (non-hydrogen) atoms. The van der Waals surface area contributed by atoms with Gasteiger partial charge in [-0.3, -0.25) is 9.52 Å². The van der Waals surface area contributed by atoms with Crippen molar-refractivity contribution >= 4 is 49.4 Å². The van der Waals surface area contributed by atoms with Crippen molar-refractivity contribution in [1.82, 2.24) is 4.98 Å². The smallest absolute Gasteiger partial charge is 0.273 e. The maximum absolute atomic E-state index is 12.6. The molecule has 1 aliphatic heterocycles. The number of hydrogen-bond donors (Lipinski definition) is 1. The van der Waals surface area contributed by atoms with Crippen LogP contribution in [-0.4, -0.2) is 32.5 Å². The van der Waals surface area contributed by atoms with E-state index in [1.807, 2.05) is 25.1 Å². The summed E-state index contributed by atoms with van der Waals surface area (Å²) in [7, 11) is -3.68. The lowest BCUT2D eigenvalue weighted by atomic mass is 10.1. The molecule has 10 heteroatoms. The Hall–Kier alpha value is -2.69. The molecule has 0 spiro atoms.